The summed E-state index contributed by atoms with van der Waals surface area (Å²) in [5.74, 6) is 0.349. The van der Waals surface area contributed by atoms with Crippen LogP contribution in [0.1, 0.15) is 18.5 Å². The van der Waals surface area contributed by atoms with E-state index in [2.05, 4.69) is 21.2 Å². The summed E-state index contributed by atoms with van der Waals surface area (Å²) in [6.07, 6.45) is 0. The second-order valence-corrected chi connectivity index (χ2v) is 5.31. The molecule has 1 aromatic rings. The van der Waals surface area contributed by atoms with Gasteiger partial charge in [-0.2, -0.15) is 0 Å². The number of aliphatic hydroxyl groups excluding tert-OH is 1. The predicted octanol–water partition coefficient (Wildman–Crippen LogP) is 0.787. The minimum atomic E-state index is 0.144. The predicted molar refractivity (Wildman–Crippen MR) is 81.3 cm³/mol. The number of hydrogen-bond donors (Lipinski definition) is 3. The fourth-order valence-electron chi connectivity index (χ4n) is 2.62. The van der Waals surface area contributed by atoms with Crippen LogP contribution in [0.3, 0.4) is 0 Å². The van der Waals surface area contributed by atoms with Gasteiger partial charge in [-0.1, -0.05) is 6.07 Å². The summed E-state index contributed by atoms with van der Waals surface area (Å²) < 4.78 is 0. The number of anilines is 1. The fraction of sp³-hybridized carbons (Fsp3) is 0.600. The Labute approximate surface area is 120 Å². The number of nitrogens with zero attached hydrogens (tertiary/aromatic N) is 2. The Balaban J connectivity index is 2.02. The Hall–Kier alpha value is -1.30. The molecule has 1 unspecified atom stereocenters. The highest BCUT2D eigenvalue weighted by molar-refractivity contribution is 5.54. The lowest BCUT2D eigenvalue weighted by molar-refractivity contribution is 0.189. The monoisotopic (exact) mass is 279 g/mol. The summed E-state index contributed by atoms with van der Waals surface area (Å²) in [5.41, 5.74) is 1.99. The van der Waals surface area contributed by atoms with Crippen molar-refractivity contribution in [1.82, 2.24) is 10.2 Å². The Morgan fingerprint density at radius 1 is 1.25 bits per heavy atom. The highest BCUT2D eigenvalue weighted by Crippen LogP contribution is 2.29. The third kappa shape index (κ3) is 3.42. The van der Waals surface area contributed by atoms with Crippen LogP contribution in [0, 0.1) is 0 Å². The zero-order valence-electron chi connectivity index (χ0n) is 12.3. The number of piperazine rings is 1. The van der Waals surface area contributed by atoms with Gasteiger partial charge in [0.15, 0.2) is 0 Å². The number of aromatic hydroxyl groups is 1. The highest BCUT2D eigenvalue weighted by atomic mass is 16.3. The normalized spacial score (nSPS) is 18.2. The lowest BCUT2D eigenvalue weighted by atomic mass is 10.1. The fourth-order valence-corrected chi connectivity index (χ4v) is 2.62. The van der Waals surface area contributed by atoms with Crippen LogP contribution in [-0.2, 0) is 0 Å². The molecule has 1 aliphatic heterocycles. The largest absolute Gasteiger partial charge is 0.508 e. The maximum Gasteiger partial charge on any atom is 0.122 e. The van der Waals surface area contributed by atoms with Gasteiger partial charge >= 0.3 is 0 Å². The zero-order valence-corrected chi connectivity index (χ0v) is 12.3. The second kappa shape index (κ2) is 6.92. The average molecular weight is 279 g/mol. The van der Waals surface area contributed by atoms with Gasteiger partial charge in [0.25, 0.3) is 0 Å². The van der Waals surface area contributed by atoms with E-state index in [4.69, 9.17) is 5.11 Å². The van der Waals surface area contributed by atoms with Crippen LogP contribution >= 0.6 is 0 Å². The van der Waals surface area contributed by atoms with Gasteiger partial charge in [0.2, 0.25) is 0 Å². The number of hydrogen-bond acceptors (Lipinski definition) is 5. The van der Waals surface area contributed by atoms with E-state index in [1.165, 1.54) is 0 Å². The molecule has 1 saturated heterocycles. The molecular formula is C15H25N3O2. The first-order valence-electron chi connectivity index (χ1n) is 7.24. The average Bonchev–Trinajstić information content (AvgIpc) is 2.47. The molecule has 20 heavy (non-hydrogen) atoms. The number of nitrogens with one attached hydrogen (secondary N) is 1. The smallest absolute Gasteiger partial charge is 0.122 e. The maximum atomic E-state index is 10.1. The molecule has 3 N–H and O–H groups in total. The first-order valence-corrected chi connectivity index (χ1v) is 7.24. The van der Waals surface area contributed by atoms with Gasteiger partial charge in [0.1, 0.15) is 5.75 Å². The third-order valence-corrected chi connectivity index (χ3v) is 4.07. The van der Waals surface area contributed by atoms with Gasteiger partial charge in [-0.25, -0.2) is 0 Å². The van der Waals surface area contributed by atoms with Gasteiger partial charge < -0.3 is 20.4 Å². The van der Waals surface area contributed by atoms with E-state index in [-0.39, 0.29) is 12.6 Å². The SMILES string of the molecule is CNC(C)c1ccc(N2CCN(CCO)CC2)cc1O. The van der Waals surface area contributed by atoms with E-state index < -0.39 is 0 Å². The molecule has 1 heterocycles. The van der Waals surface area contributed by atoms with Crippen LogP contribution < -0.4 is 10.2 Å². The Morgan fingerprint density at radius 3 is 2.50 bits per heavy atom. The maximum absolute atomic E-state index is 10.1. The molecule has 0 aliphatic carbocycles. The van der Waals surface area contributed by atoms with Crippen LogP contribution in [0.4, 0.5) is 5.69 Å². The molecule has 5 nitrogen and oxygen atoms in total. The number of rotatable bonds is 5. The molecule has 1 aliphatic rings. The van der Waals surface area contributed by atoms with Crippen molar-refractivity contribution in [1.29, 1.82) is 0 Å². The minimum Gasteiger partial charge on any atom is -0.508 e. The molecule has 112 valence electrons. The molecule has 0 spiro atoms. The summed E-state index contributed by atoms with van der Waals surface area (Å²) in [4.78, 5) is 4.54. The molecule has 1 atom stereocenters. The van der Waals surface area contributed by atoms with E-state index in [0.29, 0.717) is 5.75 Å². The van der Waals surface area contributed by atoms with Crippen molar-refractivity contribution in [2.24, 2.45) is 0 Å². The van der Waals surface area contributed by atoms with Crippen LogP contribution in [0.5, 0.6) is 5.75 Å². The lowest BCUT2D eigenvalue weighted by Gasteiger charge is -2.36. The van der Waals surface area contributed by atoms with Gasteiger partial charge in [-0.15, -0.1) is 0 Å². The van der Waals surface area contributed by atoms with Gasteiger partial charge in [-0.05, 0) is 20.0 Å². The molecule has 1 aromatic carbocycles. The van der Waals surface area contributed by atoms with E-state index in [9.17, 15) is 5.11 Å². The van der Waals surface area contributed by atoms with Crippen molar-refractivity contribution in [3.05, 3.63) is 23.8 Å². The number of phenols is 1. The lowest BCUT2D eigenvalue weighted by Crippen LogP contribution is -2.47. The van der Waals surface area contributed by atoms with Crippen molar-refractivity contribution in [3.63, 3.8) is 0 Å². The number of benzene rings is 1. The zero-order chi connectivity index (χ0) is 14.5. The number of phenolic OH excluding ortho intramolecular Hbond substituents is 1. The quantitative estimate of drug-likeness (QED) is 0.744. The summed E-state index contributed by atoms with van der Waals surface area (Å²) in [5, 5.41) is 22.2. The number of β-amino-alcohol motifs (C(OH)–C–C–N with tert-alkyl or cyclic N) is 1. The molecule has 5 heteroatoms. The Morgan fingerprint density at radius 2 is 1.95 bits per heavy atom. The Bertz CT molecular complexity index is 431. The molecule has 0 amide bonds. The van der Waals surface area contributed by atoms with Gasteiger partial charge in [-0.3, -0.25) is 4.90 Å². The molecule has 0 aromatic heterocycles. The molecule has 2 rings (SSSR count). The minimum absolute atomic E-state index is 0.144. The van der Waals surface area contributed by atoms with E-state index in [1.807, 2.05) is 26.1 Å². The second-order valence-electron chi connectivity index (χ2n) is 5.31. The third-order valence-electron chi connectivity index (χ3n) is 4.07. The topological polar surface area (TPSA) is 59.0 Å². The van der Waals surface area contributed by atoms with Gasteiger partial charge in [0.05, 0.1) is 6.61 Å². The molecule has 0 bridgehead atoms. The van der Waals surface area contributed by atoms with E-state index >= 15 is 0 Å². The van der Waals surface area contributed by atoms with Crippen molar-refractivity contribution in [3.8, 4) is 5.75 Å². The first-order chi connectivity index (χ1) is 9.65. The van der Waals surface area contributed by atoms with Crippen LogP contribution in [0.2, 0.25) is 0 Å². The van der Waals surface area contributed by atoms with Crippen LogP contribution in [0.15, 0.2) is 18.2 Å². The van der Waals surface area contributed by atoms with Crippen molar-refractivity contribution < 1.29 is 10.2 Å². The standard InChI is InChI=1S/C15H25N3O2/c1-12(16-2)14-4-3-13(11-15(14)20)18-7-5-17(6-8-18)9-10-19/h3-4,11-12,16,19-20H,5-10H2,1-2H3. The van der Waals surface area contributed by atoms with Crippen LogP contribution in [-0.4, -0.2) is 61.5 Å². The summed E-state index contributed by atoms with van der Waals surface area (Å²) in [6, 6.07) is 6.06. The molecule has 0 saturated carbocycles. The molecule has 1 fully saturated rings. The molecular weight excluding hydrogens is 254 g/mol. The molecule has 0 radical (unpaired) electrons. The summed E-state index contributed by atoms with van der Waals surface area (Å²) in [6.45, 7) is 6.77. The van der Waals surface area contributed by atoms with Crippen LogP contribution in [0.25, 0.3) is 0 Å². The first kappa shape index (κ1) is 15.1. The van der Waals surface area contributed by atoms with E-state index in [1.54, 1.807) is 0 Å². The van der Waals surface area contributed by atoms with Crippen molar-refractivity contribution in [2.45, 2.75) is 13.0 Å². The highest BCUT2D eigenvalue weighted by Gasteiger charge is 2.18. The number of aliphatic hydroxyl groups is 1. The van der Waals surface area contributed by atoms with Crippen molar-refractivity contribution >= 4 is 5.69 Å². The summed E-state index contributed by atoms with van der Waals surface area (Å²) in [7, 11) is 1.89. The Kier molecular flexibility index (Phi) is 5.23. The van der Waals surface area contributed by atoms with Gasteiger partial charge in [0, 0.05) is 56.1 Å². The van der Waals surface area contributed by atoms with Crippen molar-refractivity contribution in [2.75, 3.05) is 51.3 Å². The van der Waals surface area contributed by atoms with E-state index in [0.717, 1.165) is 44.0 Å². The summed E-state index contributed by atoms with van der Waals surface area (Å²) >= 11 is 0.